The summed E-state index contributed by atoms with van der Waals surface area (Å²) in [7, 11) is 0. The maximum absolute atomic E-state index is 12.2. The van der Waals surface area contributed by atoms with Crippen LogP contribution in [0.15, 0.2) is 41.4 Å². The Balaban J connectivity index is 1.66. The minimum absolute atomic E-state index is 0.0260. The molecule has 0 fully saturated rings. The summed E-state index contributed by atoms with van der Waals surface area (Å²) in [5.74, 6) is -0.141. The second-order valence-electron chi connectivity index (χ2n) is 6.71. The summed E-state index contributed by atoms with van der Waals surface area (Å²) in [6.07, 6.45) is 0.589. The van der Waals surface area contributed by atoms with Crippen LogP contribution < -0.4 is 5.32 Å². The fourth-order valence-corrected chi connectivity index (χ4v) is 3.05. The molecule has 1 N–H and O–H groups in total. The summed E-state index contributed by atoms with van der Waals surface area (Å²) in [4.78, 5) is 16.9. The zero-order chi connectivity index (χ0) is 18.0. The van der Waals surface area contributed by atoms with E-state index in [1.54, 1.807) is 0 Å². The third-order valence-electron chi connectivity index (χ3n) is 4.61. The molecule has 0 unspecified atom stereocenters. The Labute approximate surface area is 148 Å². The minimum Gasteiger partial charge on any atom is -0.363 e. The molecular formula is C21H24N2O2. The zero-order valence-corrected chi connectivity index (χ0v) is 15.2. The normalized spacial score (nSPS) is 16.2. The molecule has 1 heterocycles. The number of nitrogens with zero attached hydrogens (tertiary/aromatic N) is 1. The van der Waals surface area contributed by atoms with E-state index in [2.05, 4.69) is 17.2 Å². The van der Waals surface area contributed by atoms with Crippen molar-refractivity contribution in [2.75, 3.05) is 11.9 Å². The molecule has 25 heavy (non-hydrogen) atoms. The molecule has 3 rings (SSSR count). The highest BCUT2D eigenvalue weighted by molar-refractivity contribution is 5.92. The lowest BCUT2D eigenvalue weighted by Gasteiger charge is -2.24. The van der Waals surface area contributed by atoms with E-state index in [1.165, 1.54) is 5.56 Å². The second-order valence-corrected chi connectivity index (χ2v) is 6.71. The predicted octanol–water partition coefficient (Wildman–Crippen LogP) is 4.80. The van der Waals surface area contributed by atoms with Crippen molar-refractivity contribution in [3.63, 3.8) is 0 Å². The average Bonchev–Trinajstić information content (AvgIpc) is 2.57. The minimum atomic E-state index is -0.141. The van der Waals surface area contributed by atoms with Gasteiger partial charge in [0.25, 0.3) is 0 Å². The van der Waals surface area contributed by atoms with Crippen LogP contribution in [0.1, 0.15) is 41.7 Å². The summed E-state index contributed by atoms with van der Waals surface area (Å²) in [6.45, 7) is 8.16. The van der Waals surface area contributed by atoms with Gasteiger partial charge in [-0.1, -0.05) is 24.3 Å². The maximum atomic E-state index is 12.2. The predicted molar refractivity (Wildman–Crippen MR) is 102 cm³/mol. The van der Waals surface area contributed by atoms with Gasteiger partial charge in [-0.2, -0.15) is 0 Å². The summed E-state index contributed by atoms with van der Waals surface area (Å²) in [5, 5.41) is 2.90. The Morgan fingerprint density at radius 1 is 1.12 bits per heavy atom. The molecule has 0 bridgehead atoms. The topological polar surface area (TPSA) is 50.7 Å². The molecule has 4 nitrogen and oxygen atoms in total. The number of ether oxygens (including phenoxy) is 1. The number of benzene rings is 2. The lowest BCUT2D eigenvalue weighted by molar-refractivity contribution is -0.122. The molecule has 4 heteroatoms. The molecule has 0 saturated carbocycles. The number of nitrogens with one attached hydrogen (secondary N) is 1. The van der Waals surface area contributed by atoms with Crippen LogP contribution in [0.4, 0.5) is 11.4 Å². The van der Waals surface area contributed by atoms with E-state index in [0.717, 1.165) is 33.8 Å². The first-order chi connectivity index (χ1) is 11.9. The molecule has 0 radical (unpaired) electrons. The van der Waals surface area contributed by atoms with Crippen LogP contribution in [0.5, 0.6) is 0 Å². The number of aryl methyl sites for hydroxylation is 3. The number of carbonyl (C=O) groups is 1. The molecular weight excluding hydrogens is 312 g/mol. The van der Waals surface area contributed by atoms with Gasteiger partial charge in [-0.3, -0.25) is 9.79 Å². The number of aliphatic imine (C=N–C) groups is 1. The van der Waals surface area contributed by atoms with E-state index in [1.807, 2.05) is 57.2 Å². The molecule has 0 saturated heterocycles. The van der Waals surface area contributed by atoms with E-state index in [0.29, 0.717) is 6.42 Å². The number of anilines is 1. The van der Waals surface area contributed by atoms with Gasteiger partial charge in [-0.15, -0.1) is 0 Å². The standard InChI is InChI=1S/C21H24N2O2/c1-13-8-9-17(10-15(13)3)23-20(24)12-25-19-11-16(4)22-21-14(2)6-5-7-18(19)21/h5-10,19H,11-12H2,1-4H3,(H,23,24)/t19-/m1/s1. The molecule has 1 amide bonds. The van der Waals surface area contributed by atoms with Crippen LogP contribution in [0.25, 0.3) is 0 Å². The molecule has 130 valence electrons. The third-order valence-corrected chi connectivity index (χ3v) is 4.61. The highest BCUT2D eigenvalue weighted by Gasteiger charge is 2.23. The fourth-order valence-electron chi connectivity index (χ4n) is 3.05. The lowest BCUT2D eigenvalue weighted by Crippen LogP contribution is -2.22. The molecule has 1 aliphatic heterocycles. The van der Waals surface area contributed by atoms with Crippen molar-refractivity contribution in [3.8, 4) is 0 Å². The van der Waals surface area contributed by atoms with Gasteiger partial charge in [0.15, 0.2) is 0 Å². The number of hydrogen-bond donors (Lipinski definition) is 1. The Morgan fingerprint density at radius 3 is 2.68 bits per heavy atom. The molecule has 0 spiro atoms. The first-order valence-electron chi connectivity index (χ1n) is 8.56. The molecule has 0 aromatic heterocycles. The first-order valence-corrected chi connectivity index (χ1v) is 8.56. The number of hydrogen-bond acceptors (Lipinski definition) is 3. The van der Waals surface area contributed by atoms with Crippen molar-refractivity contribution in [1.29, 1.82) is 0 Å². The van der Waals surface area contributed by atoms with Crippen molar-refractivity contribution in [2.45, 2.75) is 40.2 Å². The SMILES string of the molecule is CC1=Nc2c(C)cccc2[C@H](OCC(=O)Nc2ccc(C)c(C)c2)C1. The molecule has 1 atom stereocenters. The lowest BCUT2D eigenvalue weighted by atomic mass is 9.96. The number of amides is 1. The Hall–Kier alpha value is -2.46. The fraction of sp³-hybridized carbons (Fsp3) is 0.333. The number of carbonyl (C=O) groups excluding carboxylic acids is 1. The van der Waals surface area contributed by atoms with Gasteiger partial charge in [0, 0.05) is 23.4 Å². The number of fused-ring (bicyclic) bond motifs is 1. The van der Waals surface area contributed by atoms with E-state index in [-0.39, 0.29) is 18.6 Å². The summed E-state index contributed by atoms with van der Waals surface area (Å²) in [5.41, 5.74) is 7.36. The van der Waals surface area contributed by atoms with Crippen LogP contribution in [-0.2, 0) is 9.53 Å². The number of para-hydroxylation sites is 1. The van der Waals surface area contributed by atoms with Crippen LogP contribution >= 0.6 is 0 Å². The maximum Gasteiger partial charge on any atom is 0.250 e. The zero-order valence-electron chi connectivity index (χ0n) is 15.2. The summed E-state index contributed by atoms with van der Waals surface area (Å²) < 4.78 is 5.93. The van der Waals surface area contributed by atoms with E-state index in [4.69, 9.17) is 4.74 Å². The van der Waals surface area contributed by atoms with Crippen LogP contribution in [-0.4, -0.2) is 18.2 Å². The molecule has 2 aromatic rings. The van der Waals surface area contributed by atoms with Crippen LogP contribution in [0.3, 0.4) is 0 Å². The van der Waals surface area contributed by atoms with Gasteiger partial charge in [-0.25, -0.2) is 0 Å². The van der Waals surface area contributed by atoms with Crippen molar-refractivity contribution in [3.05, 3.63) is 58.7 Å². The Kier molecular flexibility index (Phi) is 5.00. The van der Waals surface area contributed by atoms with Crippen LogP contribution in [0, 0.1) is 20.8 Å². The highest BCUT2D eigenvalue weighted by atomic mass is 16.5. The first kappa shape index (κ1) is 17.4. The largest absolute Gasteiger partial charge is 0.363 e. The third kappa shape index (κ3) is 3.97. The van der Waals surface area contributed by atoms with Gasteiger partial charge in [-0.05, 0) is 56.5 Å². The average molecular weight is 336 g/mol. The summed E-state index contributed by atoms with van der Waals surface area (Å²) in [6, 6.07) is 12.0. The number of rotatable bonds is 4. The summed E-state index contributed by atoms with van der Waals surface area (Å²) >= 11 is 0. The smallest absolute Gasteiger partial charge is 0.250 e. The van der Waals surface area contributed by atoms with Crippen molar-refractivity contribution in [2.24, 2.45) is 4.99 Å². The Morgan fingerprint density at radius 2 is 1.92 bits per heavy atom. The molecule has 1 aliphatic rings. The van der Waals surface area contributed by atoms with Gasteiger partial charge < -0.3 is 10.1 Å². The van der Waals surface area contributed by atoms with E-state index < -0.39 is 0 Å². The Bertz CT molecular complexity index is 840. The highest BCUT2D eigenvalue weighted by Crippen LogP contribution is 2.37. The van der Waals surface area contributed by atoms with E-state index >= 15 is 0 Å². The van der Waals surface area contributed by atoms with Crippen LogP contribution in [0.2, 0.25) is 0 Å². The van der Waals surface area contributed by atoms with Gasteiger partial charge in [0.05, 0.1) is 11.8 Å². The van der Waals surface area contributed by atoms with Crippen molar-refractivity contribution < 1.29 is 9.53 Å². The van der Waals surface area contributed by atoms with Gasteiger partial charge in [0.2, 0.25) is 5.91 Å². The van der Waals surface area contributed by atoms with Crippen molar-refractivity contribution in [1.82, 2.24) is 0 Å². The van der Waals surface area contributed by atoms with Gasteiger partial charge >= 0.3 is 0 Å². The van der Waals surface area contributed by atoms with Gasteiger partial charge in [0.1, 0.15) is 6.61 Å². The molecule has 2 aromatic carbocycles. The van der Waals surface area contributed by atoms with Crippen molar-refractivity contribution >= 4 is 23.0 Å². The monoisotopic (exact) mass is 336 g/mol. The molecule has 0 aliphatic carbocycles. The van der Waals surface area contributed by atoms with E-state index in [9.17, 15) is 4.79 Å². The second kappa shape index (κ2) is 7.19. The quantitative estimate of drug-likeness (QED) is 0.871.